The summed E-state index contributed by atoms with van der Waals surface area (Å²) < 4.78 is 11.4. The molecular weight excluding hydrogens is 418 g/mol. The van der Waals surface area contributed by atoms with Crippen LogP contribution in [0, 0.1) is 5.92 Å². The monoisotopic (exact) mass is 449 g/mol. The molecule has 1 unspecified atom stereocenters. The van der Waals surface area contributed by atoms with E-state index in [9.17, 15) is 14.7 Å². The standard InChI is InChI=1S/C27H31NO5/c1-17(2)16-33-20-12-8-9-18(15-20)25(29)23-24(21-13-6-7-14-22(21)32-3)28(27(31)26(23)30)19-10-4-5-11-19/h6-9,12-15,17,19,24,29H,4-5,10-11,16H2,1-3H3/b25-23-. The molecule has 6 nitrogen and oxygen atoms in total. The molecule has 33 heavy (non-hydrogen) atoms. The number of ketones is 1. The van der Waals surface area contributed by atoms with E-state index in [-0.39, 0.29) is 17.4 Å². The van der Waals surface area contributed by atoms with Gasteiger partial charge in [-0.15, -0.1) is 0 Å². The molecule has 2 aliphatic rings. The molecule has 1 amide bonds. The summed E-state index contributed by atoms with van der Waals surface area (Å²) in [5, 5.41) is 11.3. The van der Waals surface area contributed by atoms with E-state index < -0.39 is 17.7 Å². The van der Waals surface area contributed by atoms with E-state index in [0.717, 1.165) is 25.7 Å². The Hall–Kier alpha value is -3.28. The van der Waals surface area contributed by atoms with Crippen molar-refractivity contribution in [3.8, 4) is 11.5 Å². The van der Waals surface area contributed by atoms with Crippen molar-refractivity contribution in [2.24, 2.45) is 5.92 Å². The second-order valence-electron chi connectivity index (χ2n) is 9.12. The van der Waals surface area contributed by atoms with Gasteiger partial charge in [-0.05, 0) is 37.0 Å². The third-order valence-corrected chi connectivity index (χ3v) is 6.32. The van der Waals surface area contributed by atoms with Gasteiger partial charge in [0.1, 0.15) is 17.3 Å². The van der Waals surface area contributed by atoms with Gasteiger partial charge in [-0.25, -0.2) is 0 Å². The lowest BCUT2D eigenvalue weighted by atomic mass is 9.94. The smallest absolute Gasteiger partial charge is 0.295 e. The van der Waals surface area contributed by atoms with E-state index in [1.54, 1.807) is 30.2 Å². The highest BCUT2D eigenvalue weighted by atomic mass is 16.5. The Morgan fingerprint density at radius 2 is 1.82 bits per heavy atom. The lowest BCUT2D eigenvalue weighted by molar-refractivity contribution is -0.141. The molecule has 1 atom stereocenters. The zero-order valence-corrected chi connectivity index (χ0v) is 19.4. The minimum absolute atomic E-state index is 0.0395. The van der Waals surface area contributed by atoms with Crippen LogP contribution in [-0.4, -0.2) is 41.5 Å². The van der Waals surface area contributed by atoms with Gasteiger partial charge in [-0.2, -0.15) is 0 Å². The fraction of sp³-hybridized carbons (Fsp3) is 0.407. The number of ether oxygens (including phenoxy) is 2. The molecule has 1 aliphatic heterocycles. The molecule has 1 N–H and O–H groups in total. The SMILES string of the molecule is COc1ccccc1C1/C(=C(/O)c2cccc(OCC(C)C)c2)C(=O)C(=O)N1C1CCCC1. The minimum Gasteiger partial charge on any atom is -0.507 e. The van der Waals surface area contributed by atoms with Gasteiger partial charge in [0.05, 0.1) is 25.3 Å². The number of Topliss-reactive ketones (excluding diaryl/α,β-unsaturated/α-hetero) is 1. The summed E-state index contributed by atoms with van der Waals surface area (Å²) in [6.45, 7) is 4.65. The number of aliphatic hydroxyl groups excluding tert-OH is 1. The average molecular weight is 450 g/mol. The first-order valence-corrected chi connectivity index (χ1v) is 11.6. The van der Waals surface area contributed by atoms with Crippen molar-refractivity contribution in [1.29, 1.82) is 0 Å². The molecule has 1 saturated carbocycles. The van der Waals surface area contributed by atoms with Crippen LogP contribution in [0.25, 0.3) is 5.76 Å². The molecule has 4 rings (SSSR count). The van der Waals surface area contributed by atoms with Crippen LogP contribution < -0.4 is 9.47 Å². The number of benzene rings is 2. The van der Waals surface area contributed by atoms with Crippen molar-refractivity contribution in [2.45, 2.75) is 51.6 Å². The van der Waals surface area contributed by atoms with Gasteiger partial charge in [0.2, 0.25) is 0 Å². The number of carbonyl (C=O) groups is 2. The summed E-state index contributed by atoms with van der Waals surface area (Å²) in [6, 6.07) is 13.6. The van der Waals surface area contributed by atoms with Crippen LogP contribution in [0.4, 0.5) is 0 Å². The molecule has 2 fully saturated rings. The zero-order chi connectivity index (χ0) is 23.5. The van der Waals surface area contributed by atoms with Gasteiger partial charge in [-0.3, -0.25) is 9.59 Å². The van der Waals surface area contributed by atoms with Crippen LogP contribution in [-0.2, 0) is 9.59 Å². The number of hydrogen-bond donors (Lipinski definition) is 1. The highest BCUT2D eigenvalue weighted by molar-refractivity contribution is 6.46. The van der Waals surface area contributed by atoms with Crippen molar-refractivity contribution >= 4 is 17.4 Å². The summed E-state index contributed by atoms with van der Waals surface area (Å²) in [6.07, 6.45) is 3.72. The maximum absolute atomic E-state index is 13.3. The third kappa shape index (κ3) is 4.47. The molecule has 1 aliphatic carbocycles. The number of likely N-dealkylation sites (tertiary alicyclic amines) is 1. The van der Waals surface area contributed by atoms with E-state index in [4.69, 9.17) is 9.47 Å². The van der Waals surface area contributed by atoms with Gasteiger partial charge in [-0.1, -0.05) is 57.0 Å². The van der Waals surface area contributed by atoms with E-state index in [2.05, 4.69) is 13.8 Å². The molecule has 0 aromatic heterocycles. The van der Waals surface area contributed by atoms with Crippen molar-refractivity contribution in [3.63, 3.8) is 0 Å². The van der Waals surface area contributed by atoms with Crippen LogP contribution in [0.2, 0.25) is 0 Å². The molecule has 0 radical (unpaired) electrons. The Morgan fingerprint density at radius 1 is 1.09 bits per heavy atom. The molecule has 2 aromatic carbocycles. The predicted molar refractivity (Wildman–Crippen MR) is 126 cm³/mol. The van der Waals surface area contributed by atoms with Crippen LogP contribution in [0.5, 0.6) is 11.5 Å². The number of methoxy groups -OCH3 is 1. The van der Waals surface area contributed by atoms with E-state index in [1.807, 2.05) is 30.3 Å². The second-order valence-corrected chi connectivity index (χ2v) is 9.12. The van der Waals surface area contributed by atoms with Crippen molar-refractivity contribution in [1.82, 2.24) is 4.90 Å². The summed E-state index contributed by atoms with van der Waals surface area (Å²) in [4.78, 5) is 28.2. The number of rotatable bonds is 7. The Morgan fingerprint density at radius 3 is 2.52 bits per heavy atom. The van der Waals surface area contributed by atoms with Crippen molar-refractivity contribution in [3.05, 3.63) is 65.2 Å². The Bertz CT molecular complexity index is 1070. The summed E-state index contributed by atoms with van der Waals surface area (Å²) in [5.41, 5.74) is 1.23. The van der Waals surface area contributed by atoms with Gasteiger partial charge < -0.3 is 19.5 Å². The third-order valence-electron chi connectivity index (χ3n) is 6.32. The molecule has 0 spiro atoms. The Kier molecular flexibility index (Phi) is 6.72. The molecule has 0 bridgehead atoms. The number of para-hydroxylation sites is 1. The molecule has 1 heterocycles. The minimum atomic E-state index is -0.704. The number of hydrogen-bond acceptors (Lipinski definition) is 5. The maximum atomic E-state index is 13.3. The first kappa shape index (κ1) is 22.9. The first-order valence-electron chi connectivity index (χ1n) is 11.6. The zero-order valence-electron chi connectivity index (χ0n) is 19.4. The molecule has 1 saturated heterocycles. The van der Waals surface area contributed by atoms with Gasteiger partial charge in [0.15, 0.2) is 0 Å². The van der Waals surface area contributed by atoms with Crippen LogP contribution >= 0.6 is 0 Å². The number of nitrogens with zero attached hydrogens (tertiary/aromatic N) is 1. The van der Waals surface area contributed by atoms with Crippen LogP contribution in [0.1, 0.15) is 56.7 Å². The van der Waals surface area contributed by atoms with E-state index in [0.29, 0.717) is 35.2 Å². The molecule has 2 aromatic rings. The molecule has 6 heteroatoms. The van der Waals surface area contributed by atoms with Gasteiger partial charge in [0.25, 0.3) is 11.7 Å². The maximum Gasteiger partial charge on any atom is 0.295 e. The molecular formula is C27H31NO5. The fourth-order valence-corrected chi connectivity index (χ4v) is 4.76. The fourth-order valence-electron chi connectivity index (χ4n) is 4.76. The molecule has 174 valence electrons. The number of carbonyl (C=O) groups excluding carboxylic acids is 2. The van der Waals surface area contributed by atoms with E-state index in [1.165, 1.54) is 0 Å². The summed E-state index contributed by atoms with van der Waals surface area (Å²) in [7, 11) is 1.57. The van der Waals surface area contributed by atoms with Crippen LogP contribution in [0.3, 0.4) is 0 Å². The predicted octanol–water partition coefficient (Wildman–Crippen LogP) is 5.09. The Labute approximate surface area is 194 Å². The number of aliphatic hydroxyl groups is 1. The summed E-state index contributed by atoms with van der Waals surface area (Å²) >= 11 is 0. The number of amides is 1. The lowest BCUT2D eigenvalue weighted by Gasteiger charge is -2.31. The highest BCUT2D eigenvalue weighted by Crippen LogP contribution is 2.45. The normalized spacial score (nSPS) is 20.6. The topological polar surface area (TPSA) is 76.1 Å². The Balaban J connectivity index is 1.84. The highest BCUT2D eigenvalue weighted by Gasteiger charge is 2.50. The first-order chi connectivity index (χ1) is 15.9. The summed E-state index contributed by atoms with van der Waals surface area (Å²) in [5.74, 6) is 0.110. The van der Waals surface area contributed by atoms with Crippen molar-refractivity contribution in [2.75, 3.05) is 13.7 Å². The van der Waals surface area contributed by atoms with Crippen LogP contribution in [0.15, 0.2) is 54.1 Å². The quantitative estimate of drug-likeness (QED) is 0.362. The largest absolute Gasteiger partial charge is 0.507 e. The lowest BCUT2D eigenvalue weighted by Crippen LogP contribution is -2.37. The van der Waals surface area contributed by atoms with Gasteiger partial charge in [0, 0.05) is 17.2 Å². The average Bonchev–Trinajstić information content (AvgIpc) is 3.44. The van der Waals surface area contributed by atoms with E-state index >= 15 is 0 Å². The van der Waals surface area contributed by atoms with Gasteiger partial charge >= 0.3 is 0 Å². The second kappa shape index (κ2) is 9.69. The van der Waals surface area contributed by atoms with Crippen molar-refractivity contribution < 1.29 is 24.2 Å².